The van der Waals surface area contributed by atoms with Crippen LogP contribution >= 0.6 is 0 Å². The molecule has 0 bridgehead atoms. The smallest absolute Gasteiger partial charge is 0.271 e. The number of anilines is 1. The molecule has 10 nitrogen and oxygen atoms in total. The van der Waals surface area contributed by atoms with E-state index in [1.807, 2.05) is 12.1 Å². The Bertz CT molecular complexity index is 1300. The molecule has 1 heterocycles. The summed E-state index contributed by atoms with van der Waals surface area (Å²) in [5, 5.41) is 13.8. The molecule has 186 valence electrons. The largest absolute Gasteiger partial charge is 0.493 e. The summed E-state index contributed by atoms with van der Waals surface area (Å²) < 4.78 is 16.4. The van der Waals surface area contributed by atoms with Crippen LogP contribution in [-0.4, -0.2) is 43.0 Å². The van der Waals surface area contributed by atoms with Crippen LogP contribution in [0, 0.1) is 10.1 Å². The molecule has 0 saturated heterocycles. The van der Waals surface area contributed by atoms with Crippen molar-refractivity contribution in [3.05, 3.63) is 87.5 Å². The van der Waals surface area contributed by atoms with Gasteiger partial charge in [0.15, 0.2) is 11.5 Å². The Kier molecular flexibility index (Phi) is 7.05. The van der Waals surface area contributed by atoms with Crippen molar-refractivity contribution in [1.29, 1.82) is 0 Å². The van der Waals surface area contributed by atoms with Gasteiger partial charge in [0.25, 0.3) is 11.6 Å². The molecule has 1 atom stereocenters. The van der Waals surface area contributed by atoms with Crippen LogP contribution in [0.3, 0.4) is 0 Å². The molecule has 0 saturated carbocycles. The molecule has 1 aliphatic rings. The van der Waals surface area contributed by atoms with Crippen molar-refractivity contribution in [2.24, 2.45) is 0 Å². The first kappa shape index (κ1) is 24.5. The third-order valence-corrected chi connectivity index (χ3v) is 6.02. The first-order valence-electron chi connectivity index (χ1n) is 11.1. The fourth-order valence-electron chi connectivity index (χ4n) is 4.32. The van der Waals surface area contributed by atoms with Crippen LogP contribution in [0.4, 0.5) is 11.4 Å². The Hall–Kier alpha value is -4.60. The summed E-state index contributed by atoms with van der Waals surface area (Å²) in [5.41, 5.74) is 2.20. The molecule has 1 aliphatic heterocycles. The number of nitrogens with one attached hydrogen (secondary N) is 1. The number of nitro groups is 1. The molecule has 4 rings (SSSR count). The van der Waals surface area contributed by atoms with Crippen molar-refractivity contribution in [1.82, 2.24) is 4.90 Å². The van der Waals surface area contributed by atoms with Crippen molar-refractivity contribution >= 4 is 23.2 Å². The first-order chi connectivity index (χ1) is 17.4. The molecule has 0 spiro atoms. The number of benzene rings is 3. The third-order valence-electron chi connectivity index (χ3n) is 6.02. The van der Waals surface area contributed by atoms with E-state index >= 15 is 0 Å². The van der Waals surface area contributed by atoms with Crippen LogP contribution in [-0.2, 0) is 11.3 Å². The van der Waals surface area contributed by atoms with Crippen molar-refractivity contribution in [2.45, 2.75) is 19.0 Å². The monoisotopic (exact) mass is 491 g/mol. The number of amides is 2. The zero-order chi connectivity index (χ0) is 25.8. The number of hydrogen-bond donors (Lipinski definition) is 1. The van der Waals surface area contributed by atoms with E-state index in [0.29, 0.717) is 34.9 Å². The van der Waals surface area contributed by atoms with Gasteiger partial charge in [-0.15, -0.1) is 0 Å². The minimum atomic E-state index is -0.683. The van der Waals surface area contributed by atoms with Crippen LogP contribution in [0.25, 0.3) is 0 Å². The Morgan fingerprint density at radius 1 is 1.03 bits per heavy atom. The van der Waals surface area contributed by atoms with Crippen LogP contribution in [0.2, 0.25) is 0 Å². The van der Waals surface area contributed by atoms with Gasteiger partial charge in [-0.3, -0.25) is 19.7 Å². The number of non-ortho nitro benzene ring substituents is 1. The zero-order valence-corrected chi connectivity index (χ0v) is 20.0. The molecule has 2 amide bonds. The molecule has 10 heteroatoms. The van der Waals surface area contributed by atoms with Crippen LogP contribution in [0.1, 0.15) is 33.9 Å². The summed E-state index contributed by atoms with van der Waals surface area (Å²) in [6, 6.07) is 15.7. The zero-order valence-electron chi connectivity index (χ0n) is 20.0. The number of nitrogens with zero attached hydrogens (tertiary/aromatic N) is 2. The van der Waals surface area contributed by atoms with E-state index in [2.05, 4.69) is 5.32 Å². The van der Waals surface area contributed by atoms with Crippen LogP contribution < -0.4 is 19.5 Å². The van der Waals surface area contributed by atoms with Gasteiger partial charge < -0.3 is 24.4 Å². The van der Waals surface area contributed by atoms with Gasteiger partial charge in [0.2, 0.25) is 11.7 Å². The Morgan fingerprint density at radius 3 is 2.33 bits per heavy atom. The standard InChI is InChI=1S/C26H25N3O7/c1-34-22-11-17(12-23(35-2)25(22)36-3)21(28-15-16-7-4-5-10-20(16)26(28)31)14-24(30)27-18-8-6-9-19(13-18)29(32)33/h4-13,21H,14-15H2,1-3H3,(H,27,30)/t21-/m0/s1. The quantitative estimate of drug-likeness (QED) is 0.349. The average molecular weight is 492 g/mol. The number of ether oxygens (including phenoxy) is 3. The number of hydrogen-bond acceptors (Lipinski definition) is 7. The average Bonchev–Trinajstić information content (AvgIpc) is 3.22. The number of carbonyl (C=O) groups is 2. The number of nitro benzene ring substituents is 1. The van der Waals surface area contributed by atoms with Crippen LogP contribution in [0.15, 0.2) is 60.7 Å². The van der Waals surface area contributed by atoms with E-state index in [1.165, 1.54) is 39.5 Å². The van der Waals surface area contributed by atoms with Crippen molar-refractivity contribution in [3.8, 4) is 17.2 Å². The summed E-state index contributed by atoms with van der Waals surface area (Å²) >= 11 is 0. The van der Waals surface area contributed by atoms with Gasteiger partial charge in [-0.25, -0.2) is 0 Å². The van der Waals surface area contributed by atoms with Gasteiger partial charge in [-0.05, 0) is 35.4 Å². The highest BCUT2D eigenvalue weighted by atomic mass is 16.6. The van der Waals surface area contributed by atoms with Crippen molar-refractivity contribution in [3.63, 3.8) is 0 Å². The summed E-state index contributed by atoms with van der Waals surface area (Å²) in [4.78, 5) is 38.7. The van der Waals surface area contributed by atoms with Gasteiger partial charge in [0.05, 0.1) is 38.7 Å². The molecule has 3 aromatic rings. The van der Waals surface area contributed by atoms with Gasteiger partial charge in [-0.2, -0.15) is 0 Å². The Balaban J connectivity index is 1.70. The molecule has 3 aromatic carbocycles. The van der Waals surface area contributed by atoms with E-state index in [4.69, 9.17) is 14.2 Å². The summed E-state index contributed by atoms with van der Waals surface area (Å²) in [7, 11) is 4.47. The van der Waals surface area contributed by atoms with Gasteiger partial charge in [0, 0.05) is 29.9 Å². The van der Waals surface area contributed by atoms with E-state index in [9.17, 15) is 19.7 Å². The van der Waals surface area contributed by atoms with Crippen LogP contribution in [0.5, 0.6) is 17.2 Å². The maximum Gasteiger partial charge on any atom is 0.271 e. The van der Waals surface area contributed by atoms with Gasteiger partial charge >= 0.3 is 0 Å². The Morgan fingerprint density at radius 2 is 1.72 bits per heavy atom. The molecule has 36 heavy (non-hydrogen) atoms. The molecular weight excluding hydrogens is 466 g/mol. The minimum absolute atomic E-state index is 0.110. The fourth-order valence-corrected chi connectivity index (χ4v) is 4.32. The maximum absolute atomic E-state index is 13.3. The second-order valence-corrected chi connectivity index (χ2v) is 8.12. The highest BCUT2D eigenvalue weighted by Crippen LogP contribution is 2.43. The van der Waals surface area contributed by atoms with E-state index in [1.54, 1.807) is 35.2 Å². The lowest BCUT2D eigenvalue weighted by Gasteiger charge is -2.29. The lowest BCUT2D eigenvalue weighted by molar-refractivity contribution is -0.384. The van der Waals surface area contributed by atoms with E-state index in [-0.39, 0.29) is 23.7 Å². The second-order valence-electron chi connectivity index (χ2n) is 8.12. The molecule has 1 N–H and O–H groups in total. The lowest BCUT2D eigenvalue weighted by atomic mass is 10.00. The normalized spacial score (nSPS) is 13.1. The summed E-state index contributed by atoms with van der Waals surface area (Å²) in [5.74, 6) is 0.547. The van der Waals surface area contributed by atoms with Crippen molar-refractivity contribution in [2.75, 3.05) is 26.6 Å². The molecular formula is C26H25N3O7. The number of methoxy groups -OCH3 is 3. The highest BCUT2D eigenvalue weighted by Gasteiger charge is 2.35. The number of rotatable bonds is 9. The maximum atomic E-state index is 13.3. The van der Waals surface area contributed by atoms with E-state index in [0.717, 1.165) is 5.56 Å². The second kappa shape index (κ2) is 10.3. The van der Waals surface area contributed by atoms with E-state index < -0.39 is 16.9 Å². The summed E-state index contributed by atoms with van der Waals surface area (Å²) in [6.45, 7) is 0.320. The molecule has 0 radical (unpaired) electrons. The Labute approximate surface area is 207 Å². The first-order valence-corrected chi connectivity index (χ1v) is 11.1. The van der Waals surface area contributed by atoms with Gasteiger partial charge in [-0.1, -0.05) is 24.3 Å². The third kappa shape index (κ3) is 4.78. The lowest BCUT2D eigenvalue weighted by Crippen LogP contribution is -2.32. The molecule has 0 aromatic heterocycles. The molecule has 0 fully saturated rings. The minimum Gasteiger partial charge on any atom is -0.493 e. The number of fused-ring (bicyclic) bond motifs is 1. The fraction of sp³-hybridized carbons (Fsp3) is 0.231. The predicted molar refractivity (Wildman–Crippen MR) is 131 cm³/mol. The molecule has 0 aliphatic carbocycles. The predicted octanol–water partition coefficient (Wildman–Crippen LogP) is 4.35. The SMILES string of the molecule is COc1cc([C@H](CC(=O)Nc2cccc([N+](=O)[O-])c2)N2Cc3ccccc3C2=O)cc(OC)c1OC. The summed E-state index contributed by atoms with van der Waals surface area (Å²) in [6.07, 6.45) is -0.110. The number of carbonyl (C=O) groups excluding carboxylic acids is 2. The topological polar surface area (TPSA) is 120 Å². The van der Waals surface area contributed by atoms with Gasteiger partial charge in [0.1, 0.15) is 0 Å². The molecule has 0 unspecified atom stereocenters. The van der Waals surface area contributed by atoms with Crippen molar-refractivity contribution < 1.29 is 28.7 Å². The highest BCUT2D eigenvalue weighted by molar-refractivity contribution is 5.99.